The van der Waals surface area contributed by atoms with E-state index in [0.717, 1.165) is 5.56 Å². The van der Waals surface area contributed by atoms with Crippen LogP contribution < -0.4 is 10.6 Å². The number of carbonyl (C=O) groups excluding carboxylic acids is 1. The van der Waals surface area contributed by atoms with Crippen LogP contribution in [-0.2, 0) is 11.2 Å². The fourth-order valence-corrected chi connectivity index (χ4v) is 1.79. The number of hydrogen-bond acceptors (Lipinski definition) is 2. The minimum atomic E-state index is -1.07. The van der Waals surface area contributed by atoms with Gasteiger partial charge in [-0.3, -0.25) is 0 Å². The molecule has 0 aliphatic heterocycles. The molecule has 0 fully saturated rings. The second-order valence-electron chi connectivity index (χ2n) is 4.55. The van der Waals surface area contributed by atoms with Crippen molar-refractivity contribution in [1.29, 1.82) is 0 Å². The number of benzene rings is 1. The second kappa shape index (κ2) is 7.99. The monoisotopic (exact) mass is 276 g/mol. The largest absolute Gasteiger partial charge is 0.480 e. The third kappa shape index (κ3) is 5.56. The van der Waals surface area contributed by atoms with Gasteiger partial charge in [0.1, 0.15) is 6.04 Å². The minimum Gasteiger partial charge on any atom is -0.480 e. The molecule has 1 aromatic rings. The Balaban J connectivity index is 2.36. The summed E-state index contributed by atoms with van der Waals surface area (Å²) in [5.74, 6) is -1.07. The quantitative estimate of drug-likeness (QED) is 0.665. The zero-order chi connectivity index (χ0) is 15.0. The number of amides is 2. The van der Waals surface area contributed by atoms with Gasteiger partial charge in [0.25, 0.3) is 0 Å². The van der Waals surface area contributed by atoms with Crippen LogP contribution in [-0.4, -0.2) is 29.7 Å². The van der Waals surface area contributed by atoms with E-state index in [1.807, 2.05) is 25.1 Å². The lowest BCUT2D eigenvalue weighted by atomic mass is 10.1. The number of aliphatic carboxylic acids is 1. The molecule has 0 heterocycles. The highest BCUT2D eigenvalue weighted by molar-refractivity contribution is 5.82. The first-order chi connectivity index (χ1) is 9.52. The fraction of sp³-hybridized carbons (Fsp3) is 0.333. The van der Waals surface area contributed by atoms with Gasteiger partial charge in [-0.2, -0.15) is 0 Å². The Morgan fingerprint density at radius 3 is 2.80 bits per heavy atom. The van der Waals surface area contributed by atoms with Crippen LogP contribution >= 0.6 is 0 Å². The van der Waals surface area contributed by atoms with E-state index in [4.69, 9.17) is 5.11 Å². The van der Waals surface area contributed by atoms with Gasteiger partial charge in [-0.15, -0.1) is 6.58 Å². The van der Waals surface area contributed by atoms with Crippen LogP contribution in [0.15, 0.2) is 36.9 Å². The molecular weight excluding hydrogens is 256 g/mol. The maximum atomic E-state index is 11.6. The first-order valence-electron chi connectivity index (χ1n) is 6.46. The van der Waals surface area contributed by atoms with Crippen molar-refractivity contribution in [3.05, 3.63) is 48.0 Å². The lowest BCUT2D eigenvalue weighted by molar-refractivity contribution is -0.139. The van der Waals surface area contributed by atoms with Gasteiger partial charge in [-0.05, 0) is 25.3 Å². The minimum absolute atomic E-state index is 0.195. The van der Waals surface area contributed by atoms with Crippen molar-refractivity contribution in [2.45, 2.75) is 25.8 Å². The van der Waals surface area contributed by atoms with E-state index in [1.165, 1.54) is 11.6 Å². The molecule has 1 rings (SSSR count). The number of carboxylic acids is 1. The summed E-state index contributed by atoms with van der Waals surface area (Å²) < 4.78 is 0. The van der Waals surface area contributed by atoms with Crippen molar-refractivity contribution in [2.24, 2.45) is 0 Å². The van der Waals surface area contributed by atoms with Gasteiger partial charge >= 0.3 is 12.0 Å². The average Bonchev–Trinajstić information content (AvgIpc) is 2.38. The molecular formula is C15H20N2O3. The summed E-state index contributed by atoms with van der Waals surface area (Å²) in [6.07, 6.45) is 2.36. The van der Waals surface area contributed by atoms with E-state index in [2.05, 4.69) is 23.3 Å². The maximum absolute atomic E-state index is 11.6. The average molecular weight is 276 g/mol. The standard InChI is InChI=1S/C15H20N2O3/c1-3-5-13(14(18)19)17-15(20)16-9-8-12-7-4-6-11(2)10-12/h3-4,6-7,10,13H,1,5,8-9H2,2H3,(H,18,19)(H2,16,17,20). The highest BCUT2D eigenvalue weighted by Gasteiger charge is 2.17. The van der Waals surface area contributed by atoms with Gasteiger partial charge in [0.05, 0.1) is 0 Å². The van der Waals surface area contributed by atoms with E-state index in [9.17, 15) is 9.59 Å². The highest BCUT2D eigenvalue weighted by atomic mass is 16.4. The molecule has 1 atom stereocenters. The Morgan fingerprint density at radius 1 is 1.45 bits per heavy atom. The zero-order valence-electron chi connectivity index (χ0n) is 11.6. The molecule has 1 aromatic carbocycles. The highest BCUT2D eigenvalue weighted by Crippen LogP contribution is 2.03. The SMILES string of the molecule is C=CCC(NC(=O)NCCc1cccc(C)c1)C(=O)O. The van der Waals surface area contributed by atoms with Gasteiger partial charge in [0.15, 0.2) is 0 Å². The number of rotatable bonds is 7. The molecule has 0 spiro atoms. The van der Waals surface area contributed by atoms with Crippen LogP contribution in [0.4, 0.5) is 4.79 Å². The van der Waals surface area contributed by atoms with Crippen molar-refractivity contribution < 1.29 is 14.7 Å². The molecule has 0 aromatic heterocycles. The summed E-state index contributed by atoms with van der Waals surface area (Å²) in [7, 11) is 0. The summed E-state index contributed by atoms with van der Waals surface area (Å²) in [6.45, 7) is 5.93. The molecule has 0 aliphatic carbocycles. The van der Waals surface area contributed by atoms with Crippen molar-refractivity contribution in [3.63, 3.8) is 0 Å². The molecule has 5 heteroatoms. The van der Waals surface area contributed by atoms with Gasteiger partial charge in [0.2, 0.25) is 0 Å². The molecule has 0 radical (unpaired) electrons. The number of nitrogens with one attached hydrogen (secondary N) is 2. The number of carbonyl (C=O) groups is 2. The molecule has 0 saturated heterocycles. The summed E-state index contributed by atoms with van der Waals surface area (Å²) in [4.78, 5) is 22.4. The first kappa shape index (κ1) is 15.8. The summed E-state index contributed by atoms with van der Waals surface area (Å²) in [6, 6.07) is 6.60. The number of carboxylic acid groups (broad SMARTS) is 1. The van der Waals surface area contributed by atoms with Crippen molar-refractivity contribution in [2.75, 3.05) is 6.54 Å². The van der Waals surface area contributed by atoms with Crippen molar-refractivity contribution in [3.8, 4) is 0 Å². The van der Waals surface area contributed by atoms with Gasteiger partial charge in [-0.25, -0.2) is 9.59 Å². The van der Waals surface area contributed by atoms with Crippen LogP contribution in [0.1, 0.15) is 17.5 Å². The molecule has 0 saturated carbocycles. The molecule has 1 unspecified atom stereocenters. The lowest BCUT2D eigenvalue weighted by Gasteiger charge is -2.13. The normalized spacial score (nSPS) is 11.4. The molecule has 20 heavy (non-hydrogen) atoms. The predicted molar refractivity (Wildman–Crippen MR) is 77.7 cm³/mol. The Bertz CT molecular complexity index is 486. The Labute approximate surface area is 118 Å². The number of urea groups is 1. The summed E-state index contributed by atoms with van der Waals surface area (Å²) in [5.41, 5.74) is 2.30. The number of hydrogen-bond donors (Lipinski definition) is 3. The van der Waals surface area contributed by atoms with Gasteiger partial charge in [0, 0.05) is 6.54 Å². The van der Waals surface area contributed by atoms with E-state index in [0.29, 0.717) is 13.0 Å². The van der Waals surface area contributed by atoms with E-state index in [1.54, 1.807) is 0 Å². The van der Waals surface area contributed by atoms with E-state index in [-0.39, 0.29) is 6.42 Å². The predicted octanol–water partition coefficient (Wildman–Crippen LogP) is 1.87. The van der Waals surface area contributed by atoms with Gasteiger partial charge < -0.3 is 15.7 Å². The number of aryl methyl sites for hydroxylation is 1. The third-order valence-electron chi connectivity index (χ3n) is 2.79. The Hall–Kier alpha value is -2.30. The molecule has 0 aliphatic rings. The third-order valence-corrected chi connectivity index (χ3v) is 2.79. The smallest absolute Gasteiger partial charge is 0.326 e. The van der Waals surface area contributed by atoms with Crippen LogP contribution in [0.2, 0.25) is 0 Å². The Kier molecular flexibility index (Phi) is 6.29. The molecule has 0 bridgehead atoms. The van der Waals surface area contributed by atoms with Crippen molar-refractivity contribution >= 4 is 12.0 Å². The molecule has 108 valence electrons. The second-order valence-corrected chi connectivity index (χ2v) is 4.55. The van der Waals surface area contributed by atoms with Crippen molar-refractivity contribution in [1.82, 2.24) is 10.6 Å². The summed E-state index contributed by atoms with van der Waals surface area (Å²) in [5, 5.41) is 13.9. The molecule has 3 N–H and O–H groups in total. The fourth-order valence-electron chi connectivity index (χ4n) is 1.79. The Morgan fingerprint density at radius 2 is 2.20 bits per heavy atom. The van der Waals surface area contributed by atoms with Crippen LogP contribution in [0.25, 0.3) is 0 Å². The van der Waals surface area contributed by atoms with Crippen LogP contribution in [0.3, 0.4) is 0 Å². The van der Waals surface area contributed by atoms with Crippen LogP contribution in [0, 0.1) is 6.92 Å². The van der Waals surface area contributed by atoms with E-state index >= 15 is 0 Å². The molecule has 2 amide bonds. The first-order valence-corrected chi connectivity index (χ1v) is 6.46. The van der Waals surface area contributed by atoms with E-state index < -0.39 is 18.0 Å². The lowest BCUT2D eigenvalue weighted by Crippen LogP contribution is -2.46. The summed E-state index contributed by atoms with van der Waals surface area (Å²) >= 11 is 0. The van der Waals surface area contributed by atoms with Crippen LogP contribution in [0.5, 0.6) is 0 Å². The topological polar surface area (TPSA) is 78.4 Å². The maximum Gasteiger partial charge on any atom is 0.326 e. The van der Waals surface area contributed by atoms with Gasteiger partial charge in [-0.1, -0.05) is 35.9 Å². The zero-order valence-corrected chi connectivity index (χ0v) is 11.6. The molecule has 5 nitrogen and oxygen atoms in total.